The molecule has 1 atom stereocenters. The Hall–Kier alpha value is -3.99. The highest BCUT2D eigenvalue weighted by Crippen LogP contribution is 2.45. The van der Waals surface area contributed by atoms with Crippen LogP contribution in [0.25, 0.3) is 10.2 Å². The Bertz CT molecular complexity index is 1400. The third kappa shape index (κ3) is 4.29. The first-order valence-corrected chi connectivity index (χ1v) is 13.2. The van der Waals surface area contributed by atoms with Crippen LogP contribution in [0, 0.1) is 0 Å². The number of pyridine rings is 2. The number of hydrogen-bond donors (Lipinski definition) is 2. The van der Waals surface area contributed by atoms with Gasteiger partial charge >= 0.3 is 6.03 Å². The third-order valence-electron chi connectivity index (χ3n) is 7.01. The van der Waals surface area contributed by atoms with E-state index in [9.17, 15) is 14.4 Å². The largest absolute Gasteiger partial charge is 0.474 e. The first-order valence-electron chi connectivity index (χ1n) is 12.4. The molecule has 0 radical (unpaired) electrons. The van der Waals surface area contributed by atoms with Crippen molar-refractivity contribution in [3.8, 4) is 5.88 Å². The molecule has 190 valence electrons. The number of ether oxygens (including phenoxy) is 1. The summed E-state index contributed by atoms with van der Waals surface area (Å²) < 4.78 is 5.84. The molecule has 0 aromatic carbocycles. The molecule has 6 rings (SSSR count). The van der Waals surface area contributed by atoms with Crippen LogP contribution in [0.3, 0.4) is 0 Å². The fraction of sp³-hybridized carbons (Fsp3) is 0.346. The third-order valence-corrected chi connectivity index (χ3v) is 8.11. The predicted molar refractivity (Wildman–Crippen MR) is 141 cm³/mol. The van der Waals surface area contributed by atoms with Crippen LogP contribution in [-0.4, -0.2) is 57.9 Å². The molecule has 0 bridgehead atoms. The zero-order valence-corrected chi connectivity index (χ0v) is 20.9. The van der Waals surface area contributed by atoms with Crippen LogP contribution in [0.15, 0.2) is 43.2 Å². The summed E-state index contributed by atoms with van der Waals surface area (Å²) in [4.78, 5) is 51.7. The number of anilines is 3. The highest BCUT2D eigenvalue weighted by atomic mass is 32.1. The molecule has 2 fully saturated rings. The van der Waals surface area contributed by atoms with Gasteiger partial charge in [0.15, 0.2) is 0 Å². The zero-order chi connectivity index (χ0) is 25.5. The van der Waals surface area contributed by atoms with Crippen molar-refractivity contribution in [2.45, 2.75) is 44.2 Å². The van der Waals surface area contributed by atoms with Crippen molar-refractivity contribution >= 4 is 56.5 Å². The van der Waals surface area contributed by atoms with Gasteiger partial charge in [-0.15, -0.1) is 11.3 Å². The second kappa shape index (κ2) is 9.47. The van der Waals surface area contributed by atoms with Crippen molar-refractivity contribution in [3.63, 3.8) is 0 Å². The first kappa shape index (κ1) is 23.4. The molecule has 37 heavy (non-hydrogen) atoms. The highest BCUT2D eigenvalue weighted by molar-refractivity contribution is 7.21. The Balaban J connectivity index is 1.27. The molecule has 0 spiro atoms. The Labute approximate surface area is 217 Å². The summed E-state index contributed by atoms with van der Waals surface area (Å²) in [6, 6.07) is 4.76. The van der Waals surface area contributed by atoms with Crippen LogP contribution in [-0.2, 0) is 4.79 Å². The number of aromatic nitrogens is 2. The molecule has 3 aromatic rings. The summed E-state index contributed by atoms with van der Waals surface area (Å²) in [5.41, 5.74) is 1.67. The summed E-state index contributed by atoms with van der Waals surface area (Å²) in [6.45, 7) is 4.62. The van der Waals surface area contributed by atoms with Crippen LogP contribution in [0.5, 0.6) is 5.88 Å². The van der Waals surface area contributed by atoms with Crippen molar-refractivity contribution < 1.29 is 19.1 Å². The van der Waals surface area contributed by atoms with Crippen LogP contribution in [0.2, 0.25) is 0 Å². The number of nitrogens with zero attached hydrogens (tertiary/aromatic N) is 4. The Morgan fingerprint density at radius 3 is 2.78 bits per heavy atom. The molecule has 10 nitrogen and oxygen atoms in total. The number of urea groups is 1. The van der Waals surface area contributed by atoms with Gasteiger partial charge in [0.25, 0.3) is 5.91 Å². The summed E-state index contributed by atoms with van der Waals surface area (Å²) in [7, 11) is 0. The normalized spacial score (nSPS) is 19.2. The molecule has 2 aliphatic heterocycles. The number of hydrogen-bond acceptors (Lipinski definition) is 7. The van der Waals surface area contributed by atoms with Crippen molar-refractivity contribution in [1.29, 1.82) is 0 Å². The maximum absolute atomic E-state index is 13.3. The number of likely N-dealkylation sites (tertiary alicyclic amines) is 1. The number of carbonyl (C=O) groups is 3. The standard InChI is InChI=1S/C26H26N6O4S/c1-2-20(33)31-12-4-5-15(14-31)29-24(34)23-22-21-18(10-11-27-25(21)37-23)32(26(35)30-22)16-8-9-19(28-13-16)36-17-6-3-7-17/h2,8-11,13,15,17H,1,3-7,12,14H2,(H,29,34)(H,30,35). The topological polar surface area (TPSA) is 117 Å². The van der Waals surface area contributed by atoms with Gasteiger partial charge < -0.3 is 20.3 Å². The Morgan fingerprint density at radius 1 is 1.19 bits per heavy atom. The fourth-order valence-electron chi connectivity index (χ4n) is 4.91. The lowest BCUT2D eigenvalue weighted by Gasteiger charge is -2.32. The molecular formula is C26H26N6O4S. The van der Waals surface area contributed by atoms with E-state index in [1.54, 1.807) is 35.5 Å². The Kier molecular flexibility index (Phi) is 5.99. The number of nitrogens with one attached hydrogen (secondary N) is 2. The number of amides is 4. The lowest BCUT2D eigenvalue weighted by molar-refractivity contribution is -0.127. The van der Waals surface area contributed by atoms with E-state index in [1.165, 1.54) is 28.7 Å². The van der Waals surface area contributed by atoms with E-state index in [0.29, 0.717) is 51.1 Å². The highest BCUT2D eigenvalue weighted by Gasteiger charge is 2.34. The van der Waals surface area contributed by atoms with Gasteiger partial charge in [-0.05, 0) is 50.3 Å². The minimum absolute atomic E-state index is 0.144. The van der Waals surface area contributed by atoms with Crippen LogP contribution in [0.4, 0.5) is 21.9 Å². The van der Waals surface area contributed by atoms with Gasteiger partial charge in [0.1, 0.15) is 15.8 Å². The van der Waals surface area contributed by atoms with Gasteiger partial charge in [-0.1, -0.05) is 6.58 Å². The lowest BCUT2D eigenvalue weighted by Crippen LogP contribution is -2.49. The number of piperidine rings is 1. The molecule has 3 aliphatic rings. The molecule has 4 amide bonds. The first-order chi connectivity index (χ1) is 18.0. The molecule has 2 N–H and O–H groups in total. The van der Waals surface area contributed by atoms with Gasteiger partial charge in [-0.3, -0.25) is 14.5 Å². The molecule has 1 aliphatic carbocycles. The van der Waals surface area contributed by atoms with Crippen LogP contribution in [0.1, 0.15) is 41.8 Å². The van der Waals surface area contributed by atoms with E-state index in [1.807, 2.05) is 0 Å². The van der Waals surface area contributed by atoms with Gasteiger partial charge in [-0.25, -0.2) is 14.8 Å². The van der Waals surface area contributed by atoms with Gasteiger partial charge in [-0.2, -0.15) is 0 Å². The molecule has 3 aromatic heterocycles. The van der Waals surface area contributed by atoms with E-state index in [4.69, 9.17) is 4.74 Å². The summed E-state index contributed by atoms with van der Waals surface area (Å²) in [5.74, 6) is 0.0981. The molecule has 1 saturated carbocycles. The zero-order valence-electron chi connectivity index (χ0n) is 20.1. The second-order valence-electron chi connectivity index (χ2n) is 9.41. The predicted octanol–water partition coefficient (Wildman–Crippen LogP) is 4.21. The molecule has 5 heterocycles. The molecule has 11 heteroatoms. The summed E-state index contributed by atoms with van der Waals surface area (Å²) >= 11 is 1.23. The molecule has 1 saturated heterocycles. The summed E-state index contributed by atoms with van der Waals surface area (Å²) in [6.07, 6.45) is 9.56. The van der Waals surface area contributed by atoms with E-state index < -0.39 is 0 Å². The quantitative estimate of drug-likeness (QED) is 0.472. The van der Waals surface area contributed by atoms with Crippen molar-refractivity contribution in [2.75, 3.05) is 23.3 Å². The van der Waals surface area contributed by atoms with Crippen molar-refractivity contribution in [3.05, 3.63) is 48.1 Å². The van der Waals surface area contributed by atoms with Crippen molar-refractivity contribution in [1.82, 2.24) is 20.2 Å². The van der Waals surface area contributed by atoms with Crippen LogP contribution < -0.4 is 20.3 Å². The average molecular weight is 519 g/mol. The summed E-state index contributed by atoms with van der Waals surface area (Å²) in [5, 5.41) is 6.65. The minimum atomic E-state index is -0.387. The maximum atomic E-state index is 13.3. The van der Waals surface area contributed by atoms with E-state index >= 15 is 0 Å². The number of thiophene rings is 1. The SMILES string of the molecule is C=CC(=O)N1CCCC(NC(=O)c2sc3nccc4c3c2NC(=O)N4c2ccc(OC3CCC3)nc2)C1. The van der Waals surface area contributed by atoms with E-state index in [0.717, 1.165) is 25.7 Å². The van der Waals surface area contributed by atoms with E-state index in [-0.39, 0.29) is 30.0 Å². The maximum Gasteiger partial charge on any atom is 0.331 e. The van der Waals surface area contributed by atoms with Crippen molar-refractivity contribution in [2.24, 2.45) is 0 Å². The van der Waals surface area contributed by atoms with Gasteiger partial charge in [0, 0.05) is 31.4 Å². The minimum Gasteiger partial charge on any atom is -0.474 e. The average Bonchev–Trinajstić information content (AvgIpc) is 3.26. The Morgan fingerprint density at radius 2 is 2.05 bits per heavy atom. The molecule has 1 unspecified atom stereocenters. The monoisotopic (exact) mass is 518 g/mol. The lowest BCUT2D eigenvalue weighted by atomic mass is 9.96. The molecular weight excluding hydrogens is 492 g/mol. The second-order valence-corrected chi connectivity index (χ2v) is 10.4. The van der Waals surface area contributed by atoms with Crippen LogP contribution >= 0.6 is 11.3 Å². The fourth-order valence-corrected chi connectivity index (χ4v) is 5.93. The van der Waals surface area contributed by atoms with Gasteiger partial charge in [0.2, 0.25) is 11.8 Å². The number of carbonyl (C=O) groups excluding carboxylic acids is 3. The smallest absolute Gasteiger partial charge is 0.331 e. The van der Waals surface area contributed by atoms with E-state index in [2.05, 4.69) is 27.2 Å². The number of rotatable bonds is 6. The van der Waals surface area contributed by atoms with Gasteiger partial charge in [0.05, 0.1) is 28.6 Å².